The van der Waals surface area contributed by atoms with E-state index in [1.807, 2.05) is 6.07 Å². The Labute approximate surface area is 191 Å². The third kappa shape index (κ3) is 4.46. The number of hydrogen-bond acceptors (Lipinski definition) is 9. The van der Waals surface area contributed by atoms with Gasteiger partial charge in [-0.15, -0.1) is 5.11 Å². The zero-order valence-electron chi connectivity index (χ0n) is 17.6. The number of aromatic amines is 1. The number of nitrogens with one attached hydrogen (secondary N) is 2. The Balaban J connectivity index is 1.78. The second-order valence-corrected chi connectivity index (χ2v) is 7.59. The minimum atomic E-state index is -1.30. The molecule has 1 amide bonds. The van der Waals surface area contributed by atoms with Crippen molar-refractivity contribution in [1.82, 2.24) is 14.3 Å². The molecule has 0 radical (unpaired) electrons. The molecule has 0 aliphatic rings. The number of fused-ring (bicyclic) bond motifs is 1. The fraction of sp³-hybridized carbons (Fsp3) is 0.136. The van der Waals surface area contributed by atoms with Crippen LogP contribution >= 0.6 is 11.5 Å². The molecule has 4 rings (SSSR count). The molecule has 164 valence electrons. The number of rotatable bonds is 6. The number of carbonyl (C=O) groups is 1. The molecule has 10 nitrogen and oxygen atoms in total. The quantitative estimate of drug-likeness (QED) is 0.416. The van der Waals surface area contributed by atoms with Gasteiger partial charge in [-0.25, -0.2) is 4.98 Å². The number of amides is 1. The van der Waals surface area contributed by atoms with Gasteiger partial charge in [0.2, 0.25) is 6.04 Å². The third-order valence-corrected chi connectivity index (χ3v) is 5.55. The molecule has 0 saturated heterocycles. The first-order valence-electron chi connectivity index (χ1n) is 9.72. The molecular formula is C22H17N7O3S. The van der Waals surface area contributed by atoms with E-state index >= 15 is 0 Å². The van der Waals surface area contributed by atoms with Gasteiger partial charge < -0.3 is 15.0 Å². The number of para-hydroxylation sites is 3. The van der Waals surface area contributed by atoms with Crippen molar-refractivity contribution in [3.8, 4) is 11.8 Å². The molecular weight excluding hydrogens is 442 g/mol. The molecule has 11 heteroatoms. The van der Waals surface area contributed by atoms with Crippen molar-refractivity contribution in [2.45, 2.75) is 13.0 Å². The van der Waals surface area contributed by atoms with E-state index < -0.39 is 17.5 Å². The monoisotopic (exact) mass is 459 g/mol. The standard InChI is InChI=1S/C22H17N7O3S/c1-12-14(11-23)22(33-29-12)28-27-18(21(31)25-16-9-5-6-10-17(16)32-2)19-24-15-8-4-3-7-13(15)20(30)26-19/h3-10,18H,1-2H3,(H,25,31)(H,24,26,30). The van der Waals surface area contributed by atoms with Crippen LogP contribution in [0.2, 0.25) is 0 Å². The lowest BCUT2D eigenvalue weighted by Gasteiger charge is -2.14. The minimum absolute atomic E-state index is 0.00888. The largest absolute Gasteiger partial charge is 0.495 e. The zero-order valence-corrected chi connectivity index (χ0v) is 18.4. The van der Waals surface area contributed by atoms with Gasteiger partial charge in [0, 0.05) is 0 Å². The normalized spacial score (nSPS) is 11.9. The number of H-pyrrole nitrogens is 1. The summed E-state index contributed by atoms with van der Waals surface area (Å²) < 4.78 is 9.39. The zero-order chi connectivity index (χ0) is 23.4. The van der Waals surface area contributed by atoms with Crippen LogP contribution in [-0.4, -0.2) is 27.4 Å². The number of nitriles is 1. The number of benzene rings is 2. The van der Waals surface area contributed by atoms with Gasteiger partial charge in [0.05, 0.1) is 29.4 Å². The average molecular weight is 459 g/mol. The van der Waals surface area contributed by atoms with Crippen molar-refractivity contribution in [3.63, 3.8) is 0 Å². The first kappa shape index (κ1) is 21.8. The van der Waals surface area contributed by atoms with Crippen molar-refractivity contribution in [2.24, 2.45) is 10.2 Å². The summed E-state index contributed by atoms with van der Waals surface area (Å²) in [6, 6.07) is 14.4. The molecule has 0 aliphatic carbocycles. The van der Waals surface area contributed by atoms with Crippen LogP contribution in [0.4, 0.5) is 10.7 Å². The Morgan fingerprint density at radius 2 is 2.00 bits per heavy atom. The highest BCUT2D eigenvalue weighted by Crippen LogP contribution is 2.30. The number of anilines is 1. The number of hydrogen-bond donors (Lipinski definition) is 2. The number of ether oxygens (including phenoxy) is 1. The van der Waals surface area contributed by atoms with Crippen molar-refractivity contribution < 1.29 is 9.53 Å². The van der Waals surface area contributed by atoms with Gasteiger partial charge in [-0.1, -0.05) is 24.3 Å². The molecule has 0 fully saturated rings. The second-order valence-electron chi connectivity index (χ2n) is 6.84. The van der Waals surface area contributed by atoms with Crippen molar-refractivity contribution in [3.05, 3.63) is 76.0 Å². The third-order valence-electron chi connectivity index (χ3n) is 4.72. The number of azo groups is 1. The molecule has 0 aliphatic heterocycles. The van der Waals surface area contributed by atoms with E-state index in [9.17, 15) is 14.9 Å². The summed E-state index contributed by atoms with van der Waals surface area (Å²) in [5.74, 6) is -0.137. The molecule has 33 heavy (non-hydrogen) atoms. The summed E-state index contributed by atoms with van der Waals surface area (Å²) >= 11 is 0.988. The molecule has 4 aromatic rings. The first-order chi connectivity index (χ1) is 16.0. The van der Waals surface area contributed by atoms with Crippen LogP contribution < -0.4 is 15.6 Å². The Morgan fingerprint density at radius 3 is 2.79 bits per heavy atom. The maximum Gasteiger partial charge on any atom is 0.259 e. The summed E-state index contributed by atoms with van der Waals surface area (Å²) in [5.41, 5.74) is 1.20. The minimum Gasteiger partial charge on any atom is -0.495 e. The van der Waals surface area contributed by atoms with Crippen LogP contribution in [0.3, 0.4) is 0 Å². The molecule has 2 N–H and O–H groups in total. The van der Waals surface area contributed by atoms with Gasteiger partial charge in [0.1, 0.15) is 23.2 Å². The lowest BCUT2D eigenvalue weighted by atomic mass is 10.2. The van der Waals surface area contributed by atoms with E-state index in [1.165, 1.54) is 7.11 Å². The van der Waals surface area contributed by atoms with Gasteiger partial charge in [-0.3, -0.25) is 9.59 Å². The number of methoxy groups -OCH3 is 1. The molecule has 1 atom stereocenters. The summed E-state index contributed by atoms with van der Waals surface area (Å²) in [7, 11) is 1.49. The Hall–Kier alpha value is -4.43. The maximum absolute atomic E-state index is 13.2. The number of aryl methyl sites for hydroxylation is 1. The van der Waals surface area contributed by atoms with E-state index in [0.29, 0.717) is 28.0 Å². The number of aromatic nitrogens is 3. The lowest BCUT2D eigenvalue weighted by molar-refractivity contribution is -0.117. The lowest BCUT2D eigenvalue weighted by Crippen LogP contribution is -2.24. The van der Waals surface area contributed by atoms with Crippen LogP contribution in [-0.2, 0) is 4.79 Å². The van der Waals surface area contributed by atoms with E-state index in [0.717, 1.165) is 11.5 Å². The second kappa shape index (κ2) is 9.37. The Morgan fingerprint density at radius 1 is 1.24 bits per heavy atom. The molecule has 1 unspecified atom stereocenters. The van der Waals surface area contributed by atoms with Crippen molar-refractivity contribution >= 4 is 39.0 Å². The maximum atomic E-state index is 13.2. The first-order valence-corrected chi connectivity index (χ1v) is 10.5. The van der Waals surface area contributed by atoms with Crippen LogP contribution in [0.5, 0.6) is 5.75 Å². The van der Waals surface area contributed by atoms with Crippen LogP contribution in [0, 0.1) is 18.3 Å². The van der Waals surface area contributed by atoms with Crippen LogP contribution in [0.15, 0.2) is 63.6 Å². The molecule has 0 spiro atoms. The number of carbonyl (C=O) groups excluding carboxylic acids is 1. The summed E-state index contributed by atoms with van der Waals surface area (Å²) in [6.45, 7) is 1.68. The predicted octanol–water partition coefficient (Wildman–Crippen LogP) is 4.03. The van der Waals surface area contributed by atoms with Crippen molar-refractivity contribution in [2.75, 3.05) is 12.4 Å². The fourth-order valence-electron chi connectivity index (χ4n) is 3.08. The van der Waals surface area contributed by atoms with Gasteiger partial charge in [0.15, 0.2) is 5.00 Å². The van der Waals surface area contributed by atoms with Gasteiger partial charge >= 0.3 is 0 Å². The summed E-state index contributed by atoms with van der Waals surface area (Å²) in [6.07, 6.45) is 0. The van der Waals surface area contributed by atoms with Gasteiger partial charge in [-0.2, -0.15) is 14.7 Å². The molecule has 2 aromatic heterocycles. The van der Waals surface area contributed by atoms with Gasteiger partial charge in [0.25, 0.3) is 11.5 Å². The molecule has 0 saturated carbocycles. The molecule has 0 bridgehead atoms. The summed E-state index contributed by atoms with van der Waals surface area (Å²) in [5, 5.41) is 21.0. The number of nitrogens with zero attached hydrogens (tertiary/aromatic N) is 5. The highest BCUT2D eigenvalue weighted by atomic mass is 32.1. The van der Waals surface area contributed by atoms with Crippen LogP contribution in [0.25, 0.3) is 10.9 Å². The average Bonchev–Trinajstić information content (AvgIpc) is 3.19. The van der Waals surface area contributed by atoms with E-state index in [1.54, 1.807) is 55.5 Å². The summed E-state index contributed by atoms with van der Waals surface area (Å²) in [4.78, 5) is 32.9. The van der Waals surface area contributed by atoms with E-state index in [4.69, 9.17) is 4.74 Å². The SMILES string of the molecule is COc1ccccc1NC(=O)C(N=Nc1snc(C)c1C#N)c1nc2ccccc2c(=O)[nH]1. The topological polar surface area (TPSA) is 145 Å². The molecule has 2 aromatic carbocycles. The predicted molar refractivity (Wildman–Crippen MR) is 123 cm³/mol. The molecule has 2 heterocycles. The van der Waals surface area contributed by atoms with Crippen LogP contribution in [0.1, 0.15) is 23.1 Å². The van der Waals surface area contributed by atoms with E-state index in [-0.39, 0.29) is 16.4 Å². The Bertz CT molecular complexity index is 1470. The Kier molecular flexibility index (Phi) is 6.19. The highest BCUT2D eigenvalue weighted by molar-refractivity contribution is 7.10. The smallest absolute Gasteiger partial charge is 0.259 e. The fourth-order valence-corrected chi connectivity index (χ4v) is 3.76. The highest BCUT2D eigenvalue weighted by Gasteiger charge is 2.25. The van der Waals surface area contributed by atoms with Crippen molar-refractivity contribution in [1.29, 1.82) is 5.26 Å². The van der Waals surface area contributed by atoms with E-state index in [2.05, 4.69) is 29.9 Å². The van der Waals surface area contributed by atoms with Gasteiger partial charge in [-0.05, 0) is 42.7 Å².